The molecule has 0 bridgehead atoms. The van der Waals surface area contributed by atoms with Gasteiger partial charge in [0.2, 0.25) is 11.8 Å². The summed E-state index contributed by atoms with van der Waals surface area (Å²) in [6.07, 6.45) is 0.442. The van der Waals surface area contributed by atoms with E-state index in [1.165, 1.54) is 6.07 Å². The van der Waals surface area contributed by atoms with Gasteiger partial charge in [0.05, 0.1) is 5.92 Å². The maximum atomic E-state index is 11.7. The molecule has 0 radical (unpaired) electrons. The van der Waals surface area contributed by atoms with E-state index < -0.39 is 16.2 Å². The Hall–Kier alpha value is -1.26. The Morgan fingerprint density at radius 1 is 1.41 bits per heavy atom. The second-order valence-electron chi connectivity index (χ2n) is 3.95. The van der Waals surface area contributed by atoms with Crippen molar-refractivity contribution >= 4 is 40.7 Å². The molecule has 0 heterocycles. The third-order valence-electron chi connectivity index (χ3n) is 2.56. The number of rotatable bonds is 3. The summed E-state index contributed by atoms with van der Waals surface area (Å²) in [5, 5.41) is 2.64. The number of nitrogens with two attached hydrogens (primary N) is 1. The lowest BCUT2D eigenvalue weighted by Crippen LogP contribution is -2.17. The summed E-state index contributed by atoms with van der Waals surface area (Å²) in [4.78, 5) is 22.6. The minimum Gasteiger partial charge on any atom is -0.366 e. The molecule has 4 nitrogen and oxygen atoms in total. The lowest BCUT2D eigenvalue weighted by atomic mass is 10.2. The quantitative estimate of drug-likeness (QED) is 0.826. The molecule has 1 aromatic rings. The molecule has 0 aliphatic heterocycles. The molecule has 90 valence electrons. The van der Waals surface area contributed by atoms with Crippen LogP contribution in [0.4, 0.5) is 5.69 Å². The Bertz CT molecular complexity index is 488. The number of anilines is 1. The fourth-order valence-electron chi connectivity index (χ4n) is 1.48. The van der Waals surface area contributed by atoms with Crippen LogP contribution < -0.4 is 11.1 Å². The van der Waals surface area contributed by atoms with Crippen LogP contribution in [0.3, 0.4) is 0 Å². The molecule has 1 aliphatic carbocycles. The number of alkyl halides is 2. The van der Waals surface area contributed by atoms with Gasteiger partial charge < -0.3 is 11.1 Å². The molecular weight excluding hydrogens is 263 g/mol. The van der Waals surface area contributed by atoms with Crippen molar-refractivity contribution in [3.63, 3.8) is 0 Å². The summed E-state index contributed by atoms with van der Waals surface area (Å²) in [5.74, 6) is -1.20. The number of carbonyl (C=O) groups is 2. The van der Waals surface area contributed by atoms with E-state index in [2.05, 4.69) is 5.32 Å². The van der Waals surface area contributed by atoms with Gasteiger partial charge in [0.1, 0.15) is 4.33 Å². The van der Waals surface area contributed by atoms with Crippen molar-refractivity contribution < 1.29 is 9.59 Å². The maximum Gasteiger partial charge on any atom is 0.248 e. The van der Waals surface area contributed by atoms with Crippen LogP contribution in [-0.4, -0.2) is 16.1 Å². The van der Waals surface area contributed by atoms with Crippen LogP contribution in [0, 0.1) is 5.92 Å². The van der Waals surface area contributed by atoms with Gasteiger partial charge in [-0.3, -0.25) is 9.59 Å². The highest BCUT2D eigenvalue weighted by molar-refractivity contribution is 6.52. The van der Waals surface area contributed by atoms with E-state index >= 15 is 0 Å². The largest absolute Gasteiger partial charge is 0.366 e. The minimum absolute atomic E-state index is 0.253. The topological polar surface area (TPSA) is 72.2 Å². The molecule has 1 fully saturated rings. The van der Waals surface area contributed by atoms with Crippen LogP contribution in [0.1, 0.15) is 16.8 Å². The monoisotopic (exact) mass is 272 g/mol. The number of carbonyl (C=O) groups excluding carboxylic acids is 2. The molecule has 1 atom stereocenters. The highest BCUT2D eigenvalue weighted by atomic mass is 35.5. The standard InChI is InChI=1S/C11H10Cl2N2O2/c12-11(13)5-8(11)10(17)15-7-3-1-2-6(4-7)9(14)16/h1-4,8H,5H2,(H2,14,16)(H,15,17)/t8-/m0/s1. The molecule has 2 amide bonds. The van der Waals surface area contributed by atoms with Crippen molar-refractivity contribution in [1.29, 1.82) is 0 Å². The number of amides is 2. The smallest absolute Gasteiger partial charge is 0.248 e. The Labute approximate surface area is 108 Å². The van der Waals surface area contributed by atoms with Crippen molar-refractivity contribution in [1.82, 2.24) is 0 Å². The molecule has 17 heavy (non-hydrogen) atoms. The van der Waals surface area contributed by atoms with Crippen molar-refractivity contribution in [3.05, 3.63) is 29.8 Å². The average molecular weight is 273 g/mol. The molecule has 0 unspecified atom stereocenters. The SMILES string of the molecule is NC(=O)c1cccc(NC(=O)[C@@H]2CC2(Cl)Cl)c1. The van der Waals surface area contributed by atoms with E-state index in [4.69, 9.17) is 28.9 Å². The molecule has 0 saturated heterocycles. The normalized spacial score (nSPS) is 20.7. The van der Waals surface area contributed by atoms with Crippen molar-refractivity contribution in [2.45, 2.75) is 10.8 Å². The molecule has 1 aromatic carbocycles. The number of nitrogens with one attached hydrogen (secondary N) is 1. The van der Waals surface area contributed by atoms with E-state index in [1.54, 1.807) is 18.2 Å². The van der Waals surface area contributed by atoms with E-state index in [9.17, 15) is 9.59 Å². The fraction of sp³-hybridized carbons (Fsp3) is 0.273. The average Bonchev–Trinajstić information content (AvgIpc) is 2.88. The first-order valence-electron chi connectivity index (χ1n) is 4.99. The Morgan fingerprint density at radius 2 is 2.06 bits per heavy atom. The molecule has 1 aliphatic rings. The summed E-state index contributed by atoms with van der Waals surface area (Å²) < 4.78 is -0.953. The number of primary amides is 1. The lowest BCUT2D eigenvalue weighted by molar-refractivity contribution is -0.117. The summed E-state index contributed by atoms with van der Waals surface area (Å²) >= 11 is 11.6. The van der Waals surface area contributed by atoms with Gasteiger partial charge >= 0.3 is 0 Å². The zero-order valence-corrected chi connectivity index (χ0v) is 10.3. The van der Waals surface area contributed by atoms with Gasteiger partial charge in [0, 0.05) is 11.3 Å². The van der Waals surface area contributed by atoms with Crippen LogP contribution in [-0.2, 0) is 4.79 Å². The maximum absolute atomic E-state index is 11.7. The zero-order chi connectivity index (χ0) is 12.6. The summed E-state index contributed by atoms with van der Waals surface area (Å²) in [7, 11) is 0. The molecule has 0 spiro atoms. The minimum atomic E-state index is -0.953. The lowest BCUT2D eigenvalue weighted by Gasteiger charge is -2.06. The Kier molecular flexibility index (Phi) is 3.02. The number of hydrogen-bond acceptors (Lipinski definition) is 2. The van der Waals surface area contributed by atoms with Crippen LogP contribution >= 0.6 is 23.2 Å². The van der Waals surface area contributed by atoms with Gasteiger partial charge in [-0.1, -0.05) is 6.07 Å². The Morgan fingerprint density at radius 3 is 2.59 bits per heavy atom. The zero-order valence-electron chi connectivity index (χ0n) is 8.74. The molecule has 6 heteroatoms. The van der Waals surface area contributed by atoms with Crippen LogP contribution in [0.15, 0.2) is 24.3 Å². The molecule has 2 rings (SSSR count). The van der Waals surface area contributed by atoms with E-state index in [0.29, 0.717) is 17.7 Å². The first kappa shape index (κ1) is 12.2. The molecular formula is C11H10Cl2N2O2. The third kappa shape index (κ3) is 2.70. The van der Waals surface area contributed by atoms with Gasteiger partial charge in [0.15, 0.2) is 0 Å². The highest BCUT2D eigenvalue weighted by Gasteiger charge is 2.56. The van der Waals surface area contributed by atoms with Gasteiger partial charge in [-0.15, -0.1) is 23.2 Å². The first-order chi connectivity index (χ1) is 7.90. The van der Waals surface area contributed by atoms with Crippen molar-refractivity contribution in [2.24, 2.45) is 11.7 Å². The van der Waals surface area contributed by atoms with Crippen molar-refractivity contribution in [2.75, 3.05) is 5.32 Å². The Balaban J connectivity index is 2.07. The van der Waals surface area contributed by atoms with Gasteiger partial charge in [0.25, 0.3) is 0 Å². The van der Waals surface area contributed by atoms with E-state index in [-0.39, 0.29) is 5.91 Å². The van der Waals surface area contributed by atoms with Crippen LogP contribution in [0.5, 0.6) is 0 Å². The molecule has 1 saturated carbocycles. The van der Waals surface area contributed by atoms with Crippen molar-refractivity contribution in [3.8, 4) is 0 Å². The van der Waals surface area contributed by atoms with Crippen LogP contribution in [0.2, 0.25) is 0 Å². The second kappa shape index (κ2) is 4.20. The summed E-state index contributed by atoms with van der Waals surface area (Å²) in [6, 6.07) is 6.38. The van der Waals surface area contributed by atoms with Gasteiger partial charge in [-0.2, -0.15) is 0 Å². The fourth-order valence-corrected chi connectivity index (χ4v) is 1.98. The van der Waals surface area contributed by atoms with Gasteiger partial charge in [-0.25, -0.2) is 0 Å². The van der Waals surface area contributed by atoms with Crippen LogP contribution in [0.25, 0.3) is 0 Å². The third-order valence-corrected chi connectivity index (χ3v) is 3.39. The molecule has 3 N–H and O–H groups in total. The number of halogens is 2. The number of benzene rings is 1. The first-order valence-corrected chi connectivity index (χ1v) is 5.74. The predicted molar refractivity (Wildman–Crippen MR) is 66.1 cm³/mol. The summed E-state index contributed by atoms with van der Waals surface area (Å²) in [6.45, 7) is 0. The highest BCUT2D eigenvalue weighted by Crippen LogP contribution is 2.53. The second-order valence-corrected chi connectivity index (χ2v) is 5.49. The van der Waals surface area contributed by atoms with E-state index in [0.717, 1.165) is 0 Å². The predicted octanol–water partition coefficient (Wildman–Crippen LogP) is 1.92. The summed E-state index contributed by atoms with van der Waals surface area (Å²) in [5.41, 5.74) is 5.97. The van der Waals surface area contributed by atoms with Gasteiger partial charge in [-0.05, 0) is 24.6 Å². The molecule has 0 aromatic heterocycles. The number of hydrogen-bond donors (Lipinski definition) is 2. The van der Waals surface area contributed by atoms with E-state index in [1.807, 2.05) is 0 Å².